The van der Waals surface area contributed by atoms with Gasteiger partial charge in [-0.2, -0.15) is 0 Å². The summed E-state index contributed by atoms with van der Waals surface area (Å²) in [7, 11) is 0. The van der Waals surface area contributed by atoms with Crippen LogP contribution in [-0.2, 0) is 0 Å². The van der Waals surface area contributed by atoms with Gasteiger partial charge in [-0.05, 0) is 42.3 Å². The molecule has 2 N–H and O–H groups in total. The quantitative estimate of drug-likeness (QED) is 0.912. The molecule has 0 radical (unpaired) electrons. The molecule has 0 unspecified atom stereocenters. The van der Waals surface area contributed by atoms with Crippen LogP contribution in [0.5, 0.6) is 0 Å². The third-order valence-corrected chi connectivity index (χ3v) is 3.07. The number of aromatic carboxylic acids is 1. The van der Waals surface area contributed by atoms with E-state index >= 15 is 0 Å². The molecule has 0 aromatic heterocycles. The van der Waals surface area contributed by atoms with Crippen LogP contribution < -0.4 is 5.32 Å². The van der Waals surface area contributed by atoms with Crippen LogP contribution in [0.3, 0.4) is 0 Å². The number of carboxylic acid groups (broad SMARTS) is 1. The maximum absolute atomic E-state index is 14.0. The number of halogens is 2. The van der Waals surface area contributed by atoms with Gasteiger partial charge in [-0.3, -0.25) is 4.79 Å². The molecule has 0 fully saturated rings. The van der Waals surface area contributed by atoms with Crippen molar-refractivity contribution in [2.45, 2.75) is 6.92 Å². The average molecular weight is 305 g/mol. The Morgan fingerprint density at radius 3 is 2.41 bits per heavy atom. The Balaban J connectivity index is 2.49. The highest BCUT2D eigenvalue weighted by molar-refractivity contribution is 5.97. The van der Waals surface area contributed by atoms with Crippen molar-refractivity contribution in [1.29, 1.82) is 0 Å². The molecule has 2 aromatic rings. The van der Waals surface area contributed by atoms with Crippen LogP contribution in [0.25, 0.3) is 11.1 Å². The molecular weight excluding hydrogens is 292 g/mol. The lowest BCUT2D eigenvalue weighted by Crippen LogP contribution is -2.23. The molecule has 2 aromatic carbocycles. The third-order valence-electron chi connectivity index (χ3n) is 3.07. The van der Waals surface area contributed by atoms with Crippen molar-refractivity contribution in [2.75, 3.05) is 6.54 Å². The van der Waals surface area contributed by atoms with E-state index in [0.717, 1.165) is 18.2 Å². The van der Waals surface area contributed by atoms with Crippen LogP contribution in [0.4, 0.5) is 8.78 Å². The lowest BCUT2D eigenvalue weighted by atomic mass is 9.98. The second-order valence-electron chi connectivity index (χ2n) is 4.55. The van der Waals surface area contributed by atoms with E-state index in [1.54, 1.807) is 6.92 Å². The first kappa shape index (κ1) is 15.6. The molecule has 0 heterocycles. The number of amides is 1. The smallest absolute Gasteiger partial charge is 0.336 e. The summed E-state index contributed by atoms with van der Waals surface area (Å²) in [5.74, 6) is -3.34. The van der Waals surface area contributed by atoms with Gasteiger partial charge in [-0.1, -0.05) is 12.1 Å². The van der Waals surface area contributed by atoms with Crippen molar-refractivity contribution >= 4 is 11.9 Å². The maximum atomic E-state index is 14.0. The summed E-state index contributed by atoms with van der Waals surface area (Å²) in [6.07, 6.45) is 0. The van der Waals surface area contributed by atoms with Gasteiger partial charge in [0.25, 0.3) is 5.91 Å². The number of carboxylic acids is 1. The number of benzene rings is 2. The molecule has 0 bridgehead atoms. The van der Waals surface area contributed by atoms with E-state index in [2.05, 4.69) is 5.32 Å². The minimum absolute atomic E-state index is 0.135. The maximum Gasteiger partial charge on any atom is 0.336 e. The molecular formula is C16H13F2NO3. The molecule has 22 heavy (non-hydrogen) atoms. The molecule has 0 aliphatic heterocycles. The van der Waals surface area contributed by atoms with Gasteiger partial charge >= 0.3 is 5.97 Å². The Morgan fingerprint density at radius 1 is 1.09 bits per heavy atom. The topological polar surface area (TPSA) is 66.4 Å². The van der Waals surface area contributed by atoms with Gasteiger partial charge in [-0.25, -0.2) is 13.6 Å². The highest BCUT2D eigenvalue weighted by Crippen LogP contribution is 2.26. The number of carbonyl (C=O) groups is 2. The first-order valence-electron chi connectivity index (χ1n) is 6.55. The first-order chi connectivity index (χ1) is 10.4. The zero-order chi connectivity index (χ0) is 16.3. The fourth-order valence-electron chi connectivity index (χ4n) is 2.07. The highest BCUT2D eigenvalue weighted by Gasteiger charge is 2.16. The zero-order valence-electron chi connectivity index (χ0n) is 11.7. The van der Waals surface area contributed by atoms with Gasteiger partial charge in [-0.15, -0.1) is 0 Å². The number of nitrogens with one attached hydrogen (secondary N) is 1. The fraction of sp³-hybridized carbons (Fsp3) is 0.125. The molecule has 0 aliphatic rings. The first-order valence-corrected chi connectivity index (χ1v) is 6.55. The Labute approximate surface area is 125 Å². The van der Waals surface area contributed by atoms with E-state index in [-0.39, 0.29) is 22.3 Å². The minimum atomic E-state index is -1.32. The lowest BCUT2D eigenvalue weighted by molar-refractivity contribution is 0.0697. The fourth-order valence-corrected chi connectivity index (χ4v) is 2.07. The summed E-state index contributed by atoms with van der Waals surface area (Å²) in [5.41, 5.74) is 0.0212. The van der Waals surface area contributed by atoms with Gasteiger partial charge in [0.1, 0.15) is 11.6 Å². The van der Waals surface area contributed by atoms with Crippen LogP contribution in [0.1, 0.15) is 27.6 Å². The number of rotatable bonds is 4. The average Bonchev–Trinajstić information content (AvgIpc) is 2.47. The minimum Gasteiger partial charge on any atom is -0.478 e. The lowest BCUT2D eigenvalue weighted by Gasteiger charge is -2.09. The third kappa shape index (κ3) is 3.11. The summed E-state index contributed by atoms with van der Waals surface area (Å²) in [6.45, 7) is 2.07. The van der Waals surface area contributed by atoms with Crippen molar-refractivity contribution in [2.24, 2.45) is 0 Å². The van der Waals surface area contributed by atoms with Crippen LogP contribution >= 0.6 is 0 Å². The number of hydrogen-bond acceptors (Lipinski definition) is 2. The Morgan fingerprint density at radius 2 is 1.82 bits per heavy atom. The van der Waals surface area contributed by atoms with Crippen LogP contribution in [0.15, 0.2) is 36.4 Å². The number of carbonyl (C=O) groups excluding carboxylic acids is 1. The van der Waals surface area contributed by atoms with E-state index in [1.807, 2.05) is 0 Å². The van der Waals surface area contributed by atoms with Gasteiger partial charge < -0.3 is 10.4 Å². The van der Waals surface area contributed by atoms with Gasteiger partial charge in [0, 0.05) is 6.54 Å². The molecule has 0 spiro atoms. The van der Waals surface area contributed by atoms with Crippen molar-refractivity contribution in [1.82, 2.24) is 5.32 Å². The predicted octanol–water partition coefficient (Wildman–Crippen LogP) is 3.08. The van der Waals surface area contributed by atoms with Gasteiger partial charge in [0.15, 0.2) is 0 Å². The van der Waals surface area contributed by atoms with E-state index in [4.69, 9.17) is 5.11 Å². The molecule has 6 heteroatoms. The monoisotopic (exact) mass is 305 g/mol. The second-order valence-corrected chi connectivity index (χ2v) is 4.55. The normalized spacial score (nSPS) is 10.3. The second kappa shape index (κ2) is 6.34. The largest absolute Gasteiger partial charge is 0.478 e. The Hall–Kier alpha value is -2.76. The summed E-state index contributed by atoms with van der Waals surface area (Å²) in [5, 5.41) is 11.6. The van der Waals surface area contributed by atoms with Crippen LogP contribution in [0.2, 0.25) is 0 Å². The van der Waals surface area contributed by atoms with E-state index in [1.165, 1.54) is 18.2 Å². The van der Waals surface area contributed by atoms with Crippen molar-refractivity contribution in [3.63, 3.8) is 0 Å². The van der Waals surface area contributed by atoms with Gasteiger partial charge in [0.05, 0.1) is 11.1 Å². The van der Waals surface area contributed by atoms with Crippen molar-refractivity contribution in [3.05, 3.63) is 59.2 Å². The van der Waals surface area contributed by atoms with Crippen LogP contribution in [-0.4, -0.2) is 23.5 Å². The van der Waals surface area contributed by atoms with E-state index in [0.29, 0.717) is 6.54 Å². The molecule has 0 saturated carbocycles. The van der Waals surface area contributed by atoms with Crippen molar-refractivity contribution in [3.8, 4) is 11.1 Å². The molecule has 0 saturated heterocycles. The molecule has 1 amide bonds. The Kier molecular flexibility index (Phi) is 4.50. The summed E-state index contributed by atoms with van der Waals surface area (Å²) < 4.78 is 27.2. The standard InChI is InChI=1S/C16H13F2NO3/c1-2-19-15(20)12-5-3-9(7-14(12)18)11-6-4-10(17)8-13(11)16(21)22/h3-8H,2H2,1H3,(H,19,20)(H,21,22). The SMILES string of the molecule is CCNC(=O)c1ccc(-c2ccc(F)cc2C(=O)O)cc1F. The number of hydrogen-bond donors (Lipinski definition) is 2. The molecule has 4 nitrogen and oxygen atoms in total. The summed E-state index contributed by atoms with van der Waals surface area (Å²) in [6, 6.07) is 6.98. The zero-order valence-corrected chi connectivity index (χ0v) is 11.7. The molecule has 2 rings (SSSR count). The summed E-state index contributed by atoms with van der Waals surface area (Å²) >= 11 is 0. The molecule has 0 aliphatic carbocycles. The summed E-state index contributed by atoms with van der Waals surface area (Å²) in [4.78, 5) is 22.8. The molecule has 0 atom stereocenters. The van der Waals surface area contributed by atoms with Gasteiger partial charge in [0.2, 0.25) is 0 Å². The Bertz CT molecular complexity index is 744. The molecule has 114 valence electrons. The van der Waals surface area contributed by atoms with Crippen molar-refractivity contribution < 1.29 is 23.5 Å². The predicted molar refractivity (Wildman–Crippen MR) is 76.8 cm³/mol. The van der Waals surface area contributed by atoms with E-state index < -0.39 is 23.5 Å². The highest BCUT2D eigenvalue weighted by atomic mass is 19.1. The van der Waals surface area contributed by atoms with Crippen LogP contribution in [0, 0.1) is 11.6 Å². The van der Waals surface area contributed by atoms with E-state index in [9.17, 15) is 18.4 Å².